The van der Waals surface area contributed by atoms with E-state index >= 15 is 0 Å². The highest BCUT2D eigenvalue weighted by Gasteiger charge is 2.27. The van der Waals surface area contributed by atoms with Crippen molar-refractivity contribution in [2.45, 2.75) is 59.0 Å². The number of hydrogen-bond donors (Lipinski definition) is 2. The highest BCUT2D eigenvalue weighted by atomic mass is 16.6. The Morgan fingerprint density at radius 1 is 1.13 bits per heavy atom. The summed E-state index contributed by atoms with van der Waals surface area (Å²) < 4.78 is 10.4. The molecule has 128 valence electrons. The maximum absolute atomic E-state index is 12.1. The van der Waals surface area contributed by atoms with Crippen molar-refractivity contribution in [1.29, 1.82) is 0 Å². The second-order valence-corrected chi connectivity index (χ2v) is 6.49. The van der Waals surface area contributed by atoms with Crippen molar-refractivity contribution in [3.05, 3.63) is 35.9 Å². The van der Waals surface area contributed by atoms with Crippen molar-refractivity contribution in [2.24, 2.45) is 0 Å². The van der Waals surface area contributed by atoms with Gasteiger partial charge < -0.3 is 9.47 Å². The first kappa shape index (κ1) is 19.0. The van der Waals surface area contributed by atoms with Crippen molar-refractivity contribution in [3.63, 3.8) is 0 Å². The van der Waals surface area contributed by atoms with E-state index in [2.05, 4.69) is 10.6 Å². The van der Waals surface area contributed by atoms with Crippen LogP contribution in [0.5, 0.6) is 0 Å². The number of esters is 1. The standard InChI is InChI=1S/C17H26N2O4/c1-12(2)18-14(15(20)23-17(3,4)5)19-16(21)22-11-13-9-7-6-8-10-13/h6-10,12,14,18H,11H2,1-5H3,(H,19,21). The molecule has 1 aromatic rings. The zero-order valence-electron chi connectivity index (χ0n) is 14.4. The zero-order chi connectivity index (χ0) is 17.5. The average molecular weight is 322 g/mol. The molecule has 1 unspecified atom stereocenters. The lowest BCUT2D eigenvalue weighted by molar-refractivity contribution is -0.158. The Bertz CT molecular complexity index is 509. The number of alkyl carbamates (subject to hydrolysis) is 1. The molecule has 0 saturated carbocycles. The molecule has 1 aromatic carbocycles. The minimum atomic E-state index is -0.961. The lowest BCUT2D eigenvalue weighted by Gasteiger charge is -2.26. The van der Waals surface area contributed by atoms with Crippen LogP contribution < -0.4 is 10.6 Å². The zero-order valence-corrected chi connectivity index (χ0v) is 14.4. The normalized spacial score (nSPS) is 12.6. The summed E-state index contributed by atoms with van der Waals surface area (Å²) in [6, 6.07) is 9.30. The van der Waals surface area contributed by atoms with Crippen molar-refractivity contribution in [1.82, 2.24) is 10.6 Å². The largest absolute Gasteiger partial charge is 0.457 e. The monoisotopic (exact) mass is 322 g/mol. The summed E-state index contributed by atoms with van der Waals surface area (Å²) in [5.41, 5.74) is 0.233. The molecule has 6 nitrogen and oxygen atoms in total. The van der Waals surface area contributed by atoms with Crippen LogP contribution >= 0.6 is 0 Å². The van der Waals surface area contributed by atoms with E-state index in [0.29, 0.717) is 0 Å². The predicted octanol–water partition coefficient (Wildman–Crippen LogP) is 2.58. The van der Waals surface area contributed by atoms with Gasteiger partial charge >= 0.3 is 12.1 Å². The van der Waals surface area contributed by atoms with Crippen molar-refractivity contribution >= 4 is 12.1 Å². The summed E-state index contributed by atoms with van der Waals surface area (Å²) in [5, 5.41) is 5.44. The third-order valence-electron chi connectivity index (χ3n) is 2.62. The SMILES string of the molecule is CC(C)NC(NC(=O)OCc1ccccc1)C(=O)OC(C)(C)C. The fraction of sp³-hybridized carbons (Fsp3) is 0.529. The van der Waals surface area contributed by atoms with Gasteiger partial charge in [0.1, 0.15) is 12.2 Å². The lowest BCUT2D eigenvalue weighted by atomic mass is 10.2. The van der Waals surface area contributed by atoms with E-state index < -0.39 is 23.8 Å². The number of carbonyl (C=O) groups is 2. The predicted molar refractivity (Wildman–Crippen MR) is 87.7 cm³/mol. The van der Waals surface area contributed by atoms with Gasteiger partial charge in [0.15, 0.2) is 6.17 Å². The fourth-order valence-electron chi connectivity index (χ4n) is 1.75. The van der Waals surface area contributed by atoms with E-state index in [-0.39, 0.29) is 12.6 Å². The van der Waals surface area contributed by atoms with E-state index in [0.717, 1.165) is 5.56 Å². The Balaban J connectivity index is 2.58. The number of benzene rings is 1. The van der Waals surface area contributed by atoms with Crippen molar-refractivity contribution in [2.75, 3.05) is 0 Å². The molecule has 2 N–H and O–H groups in total. The Hall–Kier alpha value is -2.08. The van der Waals surface area contributed by atoms with Crippen LogP contribution in [0.2, 0.25) is 0 Å². The summed E-state index contributed by atoms with van der Waals surface area (Å²) >= 11 is 0. The van der Waals surface area contributed by atoms with Crippen LogP contribution in [0.15, 0.2) is 30.3 Å². The maximum atomic E-state index is 12.1. The lowest BCUT2D eigenvalue weighted by Crippen LogP contribution is -2.54. The van der Waals surface area contributed by atoms with Gasteiger partial charge in [0, 0.05) is 6.04 Å². The summed E-state index contributed by atoms with van der Waals surface area (Å²) in [5.74, 6) is -0.553. The molecule has 0 radical (unpaired) electrons. The number of amides is 1. The molecule has 0 heterocycles. The van der Waals surface area contributed by atoms with Crippen LogP contribution in [0.1, 0.15) is 40.2 Å². The van der Waals surface area contributed by atoms with Gasteiger partial charge in [-0.3, -0.25) is 10.6 Å². The summed E-state index contributed by atoms with van der Waals surface area (Å²) in [7, 11) is 0. The minimum Gasteiger partial charge on any atom is -0.457 e. The van der Waals surface area contributed by atoms with Crippen LogP contribution in [0, 0.1) is 0 Å². The Morgan fingerprint density at radius 2 is 1.74 bits per heavy atom. The van der Waals surface area contributed by atoms with Crippen molar-refractivity contribution in [3.8, 4) is 0 Å². The van der Waals surface area contributed by atoms with Gasteiger partial charge in [-0.05, 0) is 40.2 Å². The van der Waals surface area contributed by atoms with Gasteiger partial charge in [-0.25, -0.2) is 9.59 Å². The molecule has 1 atom stereocenters. The molecule has 0 aromatic heterocycles. The Morgan fingerprint density at radius 3 is 2.26 bits per heavy atom. The third-order valence-corrected chi connectivity index (χ3v) is 2.62. The third kappa shape index (κ3) is 8.21. The van der Waals surface area contributed by atoms with E-state index in [1.807, 2.05) is 44.2 Å². The van der Waals surface area contributed by atoms with Gasteiger partial charge in [0.25, 0.3) is 0 Å². The first-order valence-electron chi connectivity index (χ1n) is 7.63. The number of hydrogen-bond acceptors (Lipinski definition) is 5. The number of rotatable bonds is 6. The molecule has 0 aliphatic rings. The topological polar surface area (TPSA) is 76.7 Å². The summed E-state index contributed by atoms with van der Waals surface area (Å²) in [6.45, 7) is 9.18. The molecular formula is C17H26N2O4. The molecule has 23 heavy (non-hydrogen) atoms. The van der Waals surface area contributed by atoms with Gasteiger partial charge in [-0.15, -0.1) is 0 Å². The molecule has 0 spiro atoms. The van der Waals surface area contributed by atoms with Crippen LogP contribution in [-0.2, 0) is 20.9 Å². The van der Waals surface area contributed by atoms with Crippen LogP contribution in [0.3, 0.4) is 0 Å². The second-order valence-electron chi connectivity index (χ2n) is 6.49. The first-order valence-corrected chi connectivity index (χ1v) is 7.63. The average Bonchev–Trinajstić information content (AvgIpc) is 2.43. The maximum Gasteiger partial charge on any atom is 0.409 e. The number of carbonyl (C=O) groups excluding carboxylic acids is 2. The molecule has 0 bridgehead atoms. The minimum absolute atomic E-state index is 0.0121. The van der Waals surface area contributed by atoms with Crippen LogP contribution in [-0.4, -0.2) is 29.9 Å². The van der Waals surface area contributed by atoms with E-state index in [1.54, 1.807) is 20.8 Å². The fourth-order valence-corrected chi connectivity index (χ4v) is 1.75. The van der Waals surface area contributed by atoms with Crippen LogP contribution in [0.25, 0.3) is 0 Å². The molecule has 1 rings (SSSR count). The van der Waals surface area contributed by atoms with Gasteiger partial charge in [0.05, 0.1) is 0 Å². The van der Waals surface area contributed by atoms with E-state index in [9.17, 15) is 9.59 Å². The van der Waals surface area contributed by atoms with Gasteiger partial charge in [0.2, 0.25) is 0 Å². The first-order chi connectivity index (χ1) is 10.7. The van der Waals surface area contributed by atoms with Gasteiger partial charge in [-0.2, -0.15) is 0 Å². The highest BCUT2D eigenvalue weighted by Crippen LogP contribution is 2.08. The second kappa shape index (κ2) is 8.53. The highest BCUT2D eigenvalue weighted by molar-refractivity contribution is 5.81. The molecule has 6 heteroatoms. The molecule has 0 saturated heterocycles. The van der Waals surface area contributed by atoms with E-state index in [1.165, 1.54) is 0 Å². The smallest absolute Gasteiger partial charge is 0.409 e. The van der Waals surface area contributed by atoms with Crippen molar-refractivity contribution < 1.29 is 19.1 Å². The Kier molecular flexibility index (Phi) is 7.03. The molecule has 1 amide bonds. The van der Waals surface area contributed by atoms with Gasteiger partial charge in [-0.1, -0.05) is 30.3 Å². The molecule has 0 aliphatic heterocycles. The summed E-state index contributed by atoms with van der Waals surface area (Å²) in [4.78, 5) is 24.0. The number of ether oxygens (including phenoxy) is 2. The Labute approximate surface area is 137 Å². The number of nitrogens with one attached hydrogen (secondary N) is 2. The van der Waals surface area contributed by atoms with E-state index in [4.69, 9.17) is 9.47 Å². The molecular weight excluding hydrogens is 296 g/mol. The molecule has 0 fully saturated rings. The molecule has 0 aliphatic carbocycles. The quantitative estimate of drug-likeness (QED) is 0.622. The summed E-state index contributed by atoms with van der Waals surface area (Å²) in [6.07, 6.45) is -1.64. The van der Waals surface area contributed by atoms with Crippen LogP contribution in [0.4, 0.5) is 4.79 Å².